The predicted molar refractivity (Wildman–Crippen MR) is 89.4 cm³/mol. The number of nitrogens with zero attached hydrogens (tertiary/aromatic N) is 2. The highest BCUT2D eigenvalue weighted by atomic mass is 16.5. The third-order valence-electron chi connectivity index (χ3n) is 4.98. The van der Waals surface area contributed by atoms with E-state index < -0.39 is 6.09 Å². The highest BCUT2D eigenvalue weighted by Gasteiger charge is 2.28. The Morgan fingerprint density at radius 2 is 1.75 bits per heavy atom. The average molecular weight is 334 g/mol. The van der Waals surface area contributed by atoms with Crippen LogP contribution in [0.5, 0.6) is 5.75 Å². The van der Waals surface area contributed by atoms with E-state index in [-0.39, 0.29) is 18.3 Å². The summed E-state index contributed by atoms with van der Waals surface area (Å²) in [6.45, 7) is 3.18. The lowest BCUT2D eigenvalue weighted by molar-refractivity contribution is -0.0641. The molecule has 2 aliphatic rings. The van der Waals surface area contributed by atoms with E-state index in [4.69, 9.17) is 14.6 Å². The van der Waals surface area contributed by atoms with Gasteiger partial charge in [-0.1, -0.05) is 0 Å². The van der Waals surface area contributed by atoms with Crippen molar-refractivity contribution in [2.75, 3.05) is 13.1 Å². The number of rotatable bonds is 4. The summed E-state index contributed by atoms with van der Waals surface area (Å²) >= 11 is 0. The molecule has 2 heterocycles. The molecule has 24 heavy (non-hydrogen) atoms. The molecule has 0 atom stereocenters. The van der Waals surface area contributed by atoms with Crippen LogP contribution in [0.3, 0.4) is 0 Å². The molecule has 1 aromatic rings. The van der Waals surface area contributed by atoms with Gasteiger partial charge in [0.1, 0.15) is 5.75 Å². The molecule has 1 amide bonds. The standard InChI is InChI=1S/C18H26N2O4/c1-13-12-19-9-6-17(13)24-15-4-2-14(3-5-15)23-16-7-10-20(11-8-16)18(21)22/h6,9,12,14-16H,2-5,7-8,10-11H2,1H3,(H,21,22). The second-order valence-electron chi connectivity index (χ2n) is 6.76. The SMILES string of the molecule is Cc1cnccc1OC1CCC(OC2CCN(C(=O)O)CC2)CC1. The quantitative estimate of drug-likeness (QED) is 0.915. The van der Waals surface area contributed by atoms with Gasteiger partial charge >= 0.3 is 6.09 Å². The highest BCUT2D eigenvalue weighted by Crippen LogP contribution is 2.28. The minimum atomic E-state index is -0.822. The Labute approximate surface area is 142 Å². The number of piperidine rings is 1. The molecule has 1 aliphatic heterocycles. The fraction of sp³-hybridized carbons (Fsp3) is 0.667. The molecule has 6 heteroatoms. The minimum Gasteiger partial charge on any atom is -0.490 e. The lowest BCUT2D eigenvalue weighted by Gasteiger charge is -2.35. The second-order valence-corrected chi connectivity index (χ2v) is 6.76. The van der Waals surface area contributed by atoms with Gasteiger partial charge in [0.05, 0.1) is 18.3 Å². The Morgan fingerprint density at radius 1 is 1.12 bits per heavy atom. The maximum Gasteiger partial charge on any atom is 0.407 e. The highest BCUT2D eigenvalue weighted by molar-refractivity contribution is 5.64. The molecule has 2 fully saturated rings. The minimum absolute atomic E-state index is 0.200. The van der Waals surface area contributed by atoms with Crippen molar-refractivity contribution in [1.29, 1.82) is 0 Å². The summed E-state index contributed by atoms with van der Waals surface area (Å²) in [7, 11) is 0. The van der Waals surface area contributed by atoms with E-state index in [1.807, 2.05) is 19.2 Å². The van der Waals surface area contributed by atoms with Crippen molar-refractivity contribution < 1.29 is 19.4 Å². The fourth-order valence-corrected chi connectivity index (χ4v) is 3.51. The second kappa shape index (κ2) is 7.83. The van der Waals surface area contributed by atoms with Crippen LogP contribution in [0.2, 0.25) is 0 Å². The number of amides is 1. The first-order valence-electron chi connectivity index (χ1n) is 8.82. The van der Waals surface area contributed by atoms with Gasteiger partial charge in [-0.25, -0.2) is 4.79 Å². The van der Waals surface area contributed by atoms with Crippen LogP contribution in [0, 0.1) is 6.92 Å². The molecule has 132 valence electrons. The Kier molecular flexibility index (Phi) is 5.56. The van der Waals surface area contributed by atoms with E-state index >= 15 is 0 Å². The maximum absolute atomic E-state index is 10.9. The molecule has 1 aliphatic carbocycles. The van der Waals surface area contributed by atoms with E-state index in [0.717, 1.165) is 49.8 Å². The van der Waals surface area contributed by atoms with Crippen molar-refractivity contribution in [2.45, 2.75) is 63.8 Å². The summed E-state index contributed by atoms with van der Waals surface area (Å²) in [6, 6.07) is 1.92. The Balaban J connectivity index is 1.40. The van der Waals surface area contributed by atoms with Crippen LogP contribution in [-0.4, -0.2) is 52.5 Å². The van der Waals surface area contributed by atoms with Gasteiger partial charge in [0, 0.05) is 31.0 Å². The van der Waals surface area contributed by atoms with Crippen molar-refractivity contribution in [3.05, 3.63) is 24.0 Å². The van der Waals surface area contributed by atoms with Gasteiger partial charge in [-0.3, -0.25) is 4.98 Å². The zero-order chi connectivity index (χ0) is 16.9. The number of likely N-dealkylation sites (tertiary alicyclic amines) is 1. The molecule has 3 rings (SSSR count). The van der Waals surface area contributed by atoms with Gasteiger partial charge in [-0.05, 0) is 51.5 Å². The van der Waals surface area contributed by atoms with Crippen molar-refractivity contribution in [2.24, 2.45) is 0 Å². The van der Waals surface area contributed by atoms with Gasteiger partial charge in [-0.2, -0.15) is 0 Å². The smallest absolute Gasteiger partial charge is 0.407 e. The summed E-state index contributed by atoms with van der Waals surface area (Å²) in [5.41, 5.74) is 1.07. The number of carboxylic acid groups (broad SMARTS) is 1. The van der Waals surface area contributed by atoms with Gasteiger partial charge in [0.2, 0.25) is 0 Å². The van der Waals surface area contributed by atoms with E-state index in [1.54, 1.807) is 6.20 Å². The van der Waals surface area contributed by atoms with Crippen molar-refractivity contribution in [3.63, 3.8) is 0 Å². The number of aromatic nitrogens is 1. The first-order chi connectivity index (χ1) is 11.6. The van der Waals surface area contributed by atoms with E-state index in [2.05, 4.69) is 4.98 Å². The molecular weight excluding hydrogens is 308 g/mol. The number of aryl methyl sites for hydroxylation is 1. The molecule has 1 N–H and O–H groups in total. The van der Waals surface area contributed by atoms with Crippen LogP contribution in [-0.2, 0) is 4.74 Å². The average Bonchev–Trinajstić information content (AvgIpc) is 2.59. The van der Waals surface area contributed by atoms with E-state index in [1.165, 1.54) is 4.90 Å². The first-order valence-corrected chi connectivity index (χ1v) is 8.82. The summed E-state index contributed by atoms with van der Waals surface area (Å²) < 4.78 is 12.3. The largest absolute Gasteiger partial charge is 0.490 e. The molecule has 1 saturated carbocycles. The van der Waals surface area contributed by atoms with Crippen LogP contribution >= 0.6 is 0 Å². The molecule has 0 bridgehead atoms. The maximum atomic E-state index is 10.9. The van der Waals surface area contributed by atoms with Crippen molar-refractivity contribution in [3.8, 4) is 5.75 Å². The van der Waals surface area contributed by atoms with Crippen LogP contribution in [0.4, 0.5) is 4.79 Å². The number of pyridine rings is 1. The molecule has 0 radical (unpaired) electrons. The zero-order valence-corrected chi connectivity index (χ0v) is 14.2. The van der Waals surface area contributed by atoms with Gasteiger partial charge in [0.15, 0.2) is 0 Å². The van der Waals surface area contributed by atoms with Gasteiger partial charge in [-0.15, -0.1) is 0 Å². The number of hydrogen-bond donors (Lipinski definition) is 1. The van der Waals surface area contributed by atoms with Crippen LogP contribution in [0.1, 0.15) is 44.1 Å². The number of ether oxygens (including phenoxy) is 2. The molecule has 0 spiro atoms. The van der Waals surface area contributed by atoms with Crippen LogP contribution < -0.4 is 4.74 Å². The topological polar surface area (TPSA) is 71.9 Å². The number of hydrogen-bond acceptors (Lipinski definition) is 4. The summed E-state index contributed by atoms with van der Waals surface area (Å²) in [5.74, 6) is 0.926. The molecule has 1 aromatic heterocycles. The third-order valence-corrected chi connectivity index (χ3v) is 4.98. The van der Waals surface area contributed by atoms with Crippen LogP contribution in [0.25, 0.3) is 0 Å². The summed E-state index contributed by atoms with van der Waals surface area (Å²) in [6.07, 6.45) is 9.13. The van der Waals surface area contributed by atoms with Crippen molar-refractivity contribution in [1.82, 2.24) is 9.88 Å². The molecule has 0 aromatic carbocycles. The lowest BCUT2D eigenvalue weighted by Crippen LogP contribution is -2.41. The summed E-state index contributed by atoms with van der Waals surface area (Å²) in [5, 5.41) is 8.98. The third kappa shape index (κ3) is 4.38. The zero-order valence-electron chi connectivity index (χ0n) is 14.2. The Morgan fingerprint density at radius 3 is 2.38 bits per heavy atom. The molecule has 1 saturated heterocycles. The normalized spacial score (nSPS) is 25.5. The predicted octanol–water partition coefficient (Wildman–Crippen LogP) is 3.24. The summed E-state index contributed by atoms with van der Waals surface area (Å²) in [4.78, 5) is 16.5. The fourth-order valence-electron chi connectivity index (χ4n) is 3.51. The first kappa shape index (κ1) is 17.0. The molecule has 6 nitrogen and oxygen atoms in total. The van der Waals surface area contributed by atoms with Crippen molar-refractivity contribution >= 4 is 6.09 Å². The monoisotopic (exact) mass is 334 g/mol. The molecular formula is C18H26N2O4. The Hall–Kier alpha value is -1.82. The van der Waals surface area contributed by atoms with Gasteiger partial charge in [0.25, 0.3) is 0 Å². The molecule has 0 unspecified atom stereocenters. The Bertz CT molecular complexity index is 550. The van der Waals surface area contributed by atoms with Gasteiger partial charge < -0.3 is 19.5 Å². The van der Waals surface area contributed by atoms with E-state index in [0.29, 0.717) is 13.1 Å². The van der Waals surface area contributed by atoms with E-state index in [9.17, 15) is 4.79 Å². The lowest BCUT2D eigenvalue weighted by atomic mass is 9.94. The van der Waals surface area contributed by atoms with Crippen LogP contribution in [0.15, 0.2) is 18.5 Å². The number of carbonyl (C=O) groups is 1.